The predicted molar refractivity (Wildman–Crippen MR) is 73.3 cm³/mol. The molecule has 0 aliphatic heterocycles. The number of hydrogen-bond donors (Lipinski definition) is 1. The zero-order chi connectivity index (χ0) is 12.7. The lowest BCUT2D eigenvalue weighted by atomic mass is 10.1. The van der Waals surface area contributed by atoms with Gasteiger partial charge in [0.05, 0.1) is 12.0 Å². The molecule has 0 amide bonds. The summed E-state index contributed by atoms with van der Waals surface area (Å²) < 4.78 is 2.22. The average Bonchev–Trinajstić information content (AvgIpc) is 2.61. The summed E-state index contributed by atoms with van der Waals surface area (Å²) in [5.74, 6) is 0. The van der Waals surface area contributed by atoms with Crippen LogP contribution in [0, 0.1) is 13.8 Å². The fourth-order valence-electron chi connectivity index (χ4n) is 2.00. The summed E-state index contributed by atoms with van der Waals surface area (Å²) in [6.45, 7) is 10.8. The molecule has 3 nitrogen and oxygen atoms in total. The van der Waals surface area contributed by atoms with E-state index in [1.807, 2.05) is 6.33 Å². The van der Waals surface area contributed by atoms with Gasteiger partial charge in [0.15, 0.2) is 0 Å². The van der Waals surface area contributed by atoms with Crippen molar-refractivity contribution in [1.29, 1.82) is 0 Å². The van der Waals surface area contributed by atoms with Crippen LogP contribution in [0.15, 0.2) is 6.33 Å². The van der Waals surface area contributed by atoms with E-state index in [0.29, 0.717) is 6.04 Å². The molecule has 1 heterocycles. The maximum absolute atomic E-state index is 4.31. The second-order valence-electron chi connectivity index (χ2n) is 4.96. The van der Waals surface area contributed by atoms with Gasteiger partial charge in [0.2, 0.25) is 0 Å². The highest BCUT2D eigenvalue weighted by atomic mass is 15.1. The fourth-order valence-corrected chi connectivity index (χ4v) is 2.00. The first-order valence-corrected chi connectivity index (χ1v) is 6.86. The molecule has 1 aromatic heterocycles. The van der Waals surface area contributed by atoms with Gasteiger partial charge in [-0.2, -0.15) is 0 Å². The first kappa shape index (κ1) is 14.2. The summed E-state index contributed by atoms with van der Waals surface area (Å²) in [5.41, 5.74) is 2.42. The highest BCUT2D eigenvalue weighted by molar-refractivity contribution is 5.08. The fraction of sp³-hybridized carbons (Fsp3) is 0.786. The Morgan fingerprint density at radius 3 is 2.71 bits per heavy atom. The van der Waals surface area contributed by atoms with Gasteiger partial charge in [0.1, 0.15) is 0 Å². The third-order valence-electron chi connectivity index (χ3n) is 3.43. The predicted octanol–water partition coefficient (Wildman–Crippen LogP) is 3.06. The Morgan fingerprint density at radius 2 is 2.12 bits per heavy atom. The summed E-state index contributed by atoms with van der Waals surface area (Å²) in [4.78, 5) is 4.31. The highest BCUT2D eigenvalue weighted by Crippen LogP contribution is 2.04. The van der Waals surface area contributed by atoms with E-state index in [4.69, 9.17) is 0 Å². The summed E-state index contributed by atoms with van der Waals surface area (Å²) in [6, 6.07) is 0.631. The van der Waals surface area contributed by atoms with Gasteiger partial charge in [0.25, 0.3) is 0 Å². The number of aromatic nitrogens is 2. The zero-order valence-corrected chi connectivity index (χ0v) is 11.8. The molecule has 1 atom stereocenters. The van der Waals surface area contributed by atoms with Gasteiger partial charge < -0.3 is 9.88 Å². The van der Waals surface area contributed by atoms with Gasteiger partial charge in [-0.05, 0) is 27.2 Å². The molecular formula is C14H27N3. The molecule has 3 heteroatoms. The Bertz CT molecular complexity index is 317. The van der Waals surface area contributed by atoms with Crippen LogP contribution in [-0.2, 0) is 6.54 Å². The smallest absolute Gasteiger partial charge is 0.0951 e. The van der Waals surface area contributed by atoms with Gasteiger partial charge >= 0.3 is 0 Å². The number of rotatable bonds is 8. The number of nitrogens with one attached hydrogen (secondary N) is 1. The first-order chi connectivity index (χ1) is 8.15. The quantitative estimate of drug-likeness (QED) is 0.704. The van der Waals surface area contributed by atoms with Crippen molar-refractivity contribution < 1.29 is 0 Å². The van der Waals surface area contributed by atoms with Crippen LogP contribution >= 0.6 is 0 Å². The highest BCUT2D eigenvalue weighted by Gasteiger charge is 2.03. The van der Waals surface area contributed by atoms with Gasteiger partial charge in [0, 0.05) is 24.8 Å². The second-order valence-corrected chi connectivity index (χ2v) is 4.96. The van der Waals surface area contributed by atoms with Crippen molar-refractivity contribution in [2.75, 3.05) is 6.54 Å². The van der Waals surface area contributed by atoms with Crippen molar-refractivity contribution in [3.05, 3.63) is 17.7 Å². The van der Waals surface area contributed by atoms with E-state index in [-0.39, 0.29) is 0 Å². The molecule has 0 bridgehead atoms. The molecule has 98 valence electrons. The Kier molecular flexibility index (Phi) is 6.27. The van der Waals surface area contributed by atoms with Crippen molar-refractivity contribution >= 4 is 0 Å². The maximum Gasteiger partial charge on any atom is 0.0951 e. The van der Waals surface area contributed by atoms with Gasteiger partial charge in [-0.25, -0.2) is 4.98 Å². The number of imidazole rings is 1. The van der Waals surface area contributed by atoms with Crippen LogP contribution in [0.4, 0.5) is 0 Å². The molecule has 1 N–H and O–H groups in total. The lowest BCUT2D eigenvalue weighted by Crippen LogP contribution is -2.29. The molecule has 0 spiro atoms. The lowest BCUT2D eigenvalue weighted by Gasteiger charge is -2.14. The van der Waals surface area contributed by atoms with Crippen LogP contribution in [0.3, 0.4) is 0 Å². The van der Waals surface area contributed by atoms with Crippen LogP contribution in [0.5, 0.6) is 0 Å². The van der Waals surface area contributed by atoms with Crippen molar-refractivity contribution in [2.24, 2.45) is 0 Å². The van der Waals surface area contributed by atoms with Crippen LogP contribution in [0.25, 0.3) is 0 Å². The molecule has 0 aliphatic carbocycles. The summed E-state index contributed by atoms with van der Waals surface area (Å²) in [7, 11) is 0. The van der Waals surface area contributed by atoms with Gasteiger partial charge in [-0.3, -0.25) is 0 Å². The van der Waals surface area contributed by atoms with Crippen molar-refractivity contribution in [1.82, 2.24) is 14.9 Å². The molecule has 17 heavy (non-hydrogen) atoms. The Balaban J connectivity index is 2.17. The van der Waals surface area contributed by atoms with Crippen molar-refractivity contribution in [3.8, 4) is 0 Å². The molecule has 1 aromatic rings. The number of hydrogen-bond acceptors (Lipinski definition) is 2. The van der Waals surface area contributed by atoms with Crippen LogP contribution < -0.4 is 5.32 Å². The van der Waals surface area contributed by atoms with E-state index in [1.165, 1.54) is 31.4 Å². The third-order valence-corrected chi connectivity index (χ3v) is 3.43. The van der Waals surface area contributed by atoms with E-state index in [9.17, 15) is 0 Å². The molecule has 1 unspecified atom stereocenters. The third kappa shape index (κ3) is 4.90. The van der Waals surface area contributed by atoms with Crippen molar-refractivity contribution in [3.63, 3.8) is 0 Å². The monoisotopic (exact) mass is 237 g/mol. The molecule has 0 saturated carbocycles. The molecule has 1 rings (SSSR count). The van der Waals surface area contributed by atoms with E-state index < -0.39 is 0 Å². The minimum atomic E-state index is 0.631. The molecule has 0 aromatic carbocycles. The Morgan fingerprint density at radius 1 is 1.35 bits per heavy atom. The molecule has 0 saturated heterocycles. The van der Waals surface area contributed by atoms with E-state index >= 15 is 0 Å². The number of nitrogens with zero attached hydrogens (tertiary/aromatic N) is 2. The van der Waals surface area contributed by atoms with Crippen molar-refractivity contribution in [2.45, 2.75) is 66.0 Å². The lowest BCUT2D eigenvalue weighted by molar-refractivity contribution is 0.468. The van der Waals surface area contributed by atoms with Gasteiger partial charge in [-0.1, -0.05) is 26.2 Å². The van der Waals surface area contributed by atoms with E-state index in [0.717, 1.165) is 18.8 Å². The summed E-state index contributed by atoms with van der Waals surface area (Å²) >= 11 is 0. The minimum absolute atomic E-state index is 0.631. The minimum Gasteiger partial charge on any atom is -0.333 e. The Labute approximate surface area is 106 Å². The molecule has 0 radical (unpaired) electrons. The summed E-state index contributed by atoms with van der Waals surface area (Å²) in [5, 5.41) is 3.58. The zero-order valence-electron chi connectivity index (χ0n) is 11.8. The molecule has 0 aliphatic rings. The van der Waals surface area contributed by atoms with Gasteiger partial charge in [-0.15, -0.1) is 0 Å². The first-order valence-electron chi connectivity index (χ1n) is 6.86. The van der Waals surface area contributed by atoms with Crippen LogP contribution in [-0.4, -0.2) is 22.1 Å². The standard InChI is InChI=1S/C14H27N3/c1-5-6-7-8-12(2)15-9-10-17-11-16-13(3)14(17)4/h11-12,15H,5-10H2,1-4H3. The van der Waals surface area contributed by atoms with Crippen LogP contribution in [0.2, 0.25) is 0 Å². The Hall–Kier alpha value is -0.830. The average molecular weight is 237 g/mol. The molecule has 0 fully saturated rings. The topological polar surface area (TPSA) is 29.9 Å². The van der Waals surface area contributed by atoms with Crippen LogP contribution in [0.1, 0.15) is 50.9 Å². The van der Waals surface area contributed by atoms with E-state index in [2.05, 4.69) is 42.6 Å². The van der Waals surface area contributed by atoms with E-state index in [1.54, 1.807) is 0 Å². The number of unbranched alkanes of at least 4 members (excludes halogenated alkanes) is 2. The molecular weight excluding hydrogens is 210 g/mol. The SMILES string of the molecule is CCCCCC(C)NCCn1cnc(C)c1C. The second kappa shape index (κ2) is 7.49. The maximum atomic E-state index is 4.31. The summed E-state index contributed by atoms with van der Waals surface area (Å²) in [6.07, 6.45) is 7.23. The largest absolute Gasteiger partial charge is 0.333 e. The number of aryl methyl sites for hydroxylation is 1. The normalized spacial score (nSPS) is 12.9.